The lowest BCUT2D eigenvalue weighted by molar-refractivity contribution is -0.150. The molecule has 32 heavy (non-hydrogen) atoms. The van der Waals surface area contributed by atoms with Crippen LogP contribution in [0.3, 0.4) is 0 Å². The second-order valence-electron chi connectivity index (χ2n) is 6.69. The van der Waals surface area contributed by atoms with E-state index in [0.29, 0.717) is 16.5 Å². The number of nitriles is 1. The van der Waals surface area contributed by atoms with Crippen LogP contribution in [0.2, 0.25) is 0 Å². The maximum absolute atomic E-state index is 12.5. The van der Waals surface area contributed by atoms with Crippen molar-refractivity contribution in [2.45, 2.75) is 29.5 Å². The average molecular weight is 503 g/mol. The summed E-state index contributed by atoms with van der Waals surface area (Å²) in [5, 5.41) is 31.8. The summed E-state index contributed by atoms with van der Waals surface area (Å²) in [6, 6.07) is 0.819. The zero-order valence-electron chi connectivity index (χ0n) is 16.6. The number of tetrazole rings is 1. The number of nitrogens with one attached hydrogen (secondary N) is 2. The SMILES string of the molecule is CS(=O)(=O)NCCn1nnnc1SCC1=C(C(=O)O)N2C(=O)[C@@H](NC(=O)CC#N)[C@H]2SC1. The Morgan fingerprint density at radius 1 is 1.44 bits per heavy atom. The summed E-state index contributed by atoms with van der Waals surface area (Å²) >= 11 is 2.47. The molecule has 0 saturated carbocycles. The maximum Gasteiger partial charge on any atom is 0.352 e. The van der Waals surface area contributed by atoms with E-state index in [1.165, 1.54) is 16.4 Å². The predicted molar refractivity (Wildman–Crippen MR) is 111 cm³/mol. The summed E-state index contributed by atoms with van der Waals surface area (Å²) in [6.45, 7) is 0.262. The monoisotopic (exact) mass is 502 g/mol. The molecule has 14 nitrogen and oxygen atoms in total. The first-order valence-corrected chi connectivity index (χ1v) is 12.9. The van der Waals surface area contributed by atoms with Crippen molar-refractivity contribution >= 4 is 51.3 Å². The van der Waals surface area contributed by atoms with Crippen molar-refractivity contribution in [1.29, 1.82) is 5.26 Å². The van der Waals surface area contributed by atoms with Gasteiger partial charge in [0.25, 0.3) is 5.91 Å². The fourth-order valence-electron chi connectivity index (χ4n) is 3.02. The lowest BCUT2D eigenvalue weighted by Crippen LogP contribution is -2.70. The van der Waals surface area contributed by atoms with Gasteiger partial charge in [-0.1, -0.05) is 11.8 Å². The Morgan fingerprint density at radius 3 is 2.84 bits per heavy atom. The molecule has 0 unspecified atom stereocenters. The third-order valence-electron chi connectivity index (χ3n) is 4.37. The Hall–Kier alpha value is -2.68. The molecule has 3 heterocycles. The van der Waals surface area contributed by atoms with Gasteiger partial charge in [-0.15, -0.1) is 16.9 Å². The lowest BCUT2D eigenvalue weighted by Gasteiger charge is -2.49. The minimum absolute atomic E-state index is 0.0826. The largest absolute Gasteiger partial charge is 0.477 e. The third kappa shape index (κ3) is 5.38. The van der Waals surface area contributed by atoms with E-state index in [1.807, 2.05) is 0 Å². The van der Waals surface area contributed by atoms with Crippen LogP contribution in [0, 0.1) is 11.3 Å². The zero-order valence-corrected chi connectivity index (χ0v) is 19.0. The van der Waals surface area contributed by atoms with Crippen LogP contribution in [-0.2, 0) is 31.0 Å². The number of aliphatic carboxylic acids is 1. The van der Waals surface area contributed by atoms with Gasteiger partial charge < -0.3 is 10.4 Å². The number of fused-ring (bicyclic) bond motifs is 1. The van der Waals surface area contributed by atoms with E-state index in [4.69, 9.17) is 5.26 Å². The van der Waals surface area contributed by atoms with Crippen molar-refractivity contribution in [3.63, 3.8) is 0 Å². The number of nitrogens with zero attached hydrogens (tertiary/aromatic N) is 6. The van der Waals surface area contributed by atoms with Gasteiger partial charge in [-0.05, 0) is 16.0 Å². The van der Waals surface area contributed by atoms with Crippen LogP contribution in [0.15, 0.2) is 16.4 Å². The van der Waals surface area contributed by atoms with Gasteiger partial charge in [0, 0.05) is 18.1 Å². The number of carbonyl (C=O) groups is 3. The molecule has 2 aliphatic heterocycles. The first-order chi connectivity index (χ1) is 15.1. The highest BCUT2D eigenvalue weighted by molar-refractivity contribution is 8.01. The van der Waals surface area contributed by atoms with Gasteiger partial charge in [0.2, 0.25) is 21.1 Å². The number of hydrogen-bond acceptors (Lipinski definition) is 11. The van der Waals surface area contributed by atoms with E-state index < -0.39 is 39.2 Å². The van der Waals surface area contributed by atoms with Crippen molar-refractivity contribution in [2.75, 3.05) is 24.3 Å². The number of thioether (sulfide) groups is 2. The van der Waals surface area contributed by atoms with Gasteiger partial charge >= 0.3 is 5.97 Å². The zero-order chi connectivity index (χ0) is 23.5. The Kier molecular flexibility index (Phi) is 7.38. The van der Waals surface area contributed by atoms with E-state index in [1.54, 1.807) is 6.07 Å². The number of carboxylic acid groups (broad SMARTS) is 1. The van der Waals surface area contributed by atoms with Gasteiger partial charge in [0.05, 0.1) is 18.9 Å². The number of carbonyl (C=O) groups excluding carboxylic acids is 2. The van der Waals surface area contributed by atoms with Gasteiger partial charge in [-0.3, -0.25) is 14.5 Å². The maximum atomic E-state index is 12.5. The normalized spacial score (nSPS) is 20.4. The topological polar surface area (TPSA) is 200 Å². The van der Waals surface area contributed by atoms with Crippen LogP contribution in [0.1, 0.15) is 6.42 Å². The second-order valence-corrected chi connectivity index (χ2v) is 10.6. The number of rotatable bonds is 10. The molecular weight excluding hydrogens is 484 g/mol. The first-order valence-electron chi connectivity index (χ1n) is 9.02. The molecule has 2 aliphatic rings. The highest BCUT2D eigenvalue weighted by Crippen LogP contribution is 2.41. The fourth-order valence-corrected chi connectivity index (χ4v) is 5.87. The molecule has 3 N–H and O–H groups in total. The molecule has 1 aromatic heterocycles. The Bertz CT molecular complexity index is 1110. The lowest BCUT2D eigenvalue weighted by atomic mass is 10.0. The summed E-state index contributed by atoms with van der Waals surface area (Å²) < 4.78 is 26.1. The van der Waals surface area contributed by atoms with Crippen molar-refractivity contribution < 1.29 is 27.9 Å². The molecule has 0 bridgehead atoms. The average Bonchev–Trinajstić information content (AvgIpc) is 3.16. The molecule has 2 atom stereocenters. The van der Waals surface area contributed by atoms with Gasteiger partial charge in [0.1, 0.15) is 23.5 Å². The summed E-state index contributed by atoms with van der Waals surface area (Å²) in [4.78, 5) is 37.2. The predicted octanol–water partition coefficient (Wildman–Crippen LogP) is -2.03. The Labute approximate surface area is 190 Å². The fraction of sp³-hybridized carbons (Fsp3) is 0.533. The number of β-lactam (4-membered cyclic amide) rings is 1. The summed E-state index contributed by atoms with van der Waals surface area (Å²) in [5.74, 6) is -1.91. The highest BCUT2D eigenvalue weighted by atomic mass is 32.2. The molecule has 0 aliphatic carbocycles. The molecule has 1 aromatic rings. The number of carboxylic acids is 1. The van der Waals surface area contributed by atoms with E-state index >= 15 is 0 Å². The van der Waals surface area contributed by atoms with Gasteiger partial charge in [0.15, 0.2) is 0 Å². The molecule has 1 fully saturated rings. The summed E-state index contributed by atoms with van der Waals surface area (Å²) in [5.41, 5.74) is 0.345. The van der Waals surface area contributed by atoms with Gasteiger partial charge in [-0.25, -0.2) is 22.6 Å². The van der Waals surface area contributed by atoms with Crippen LogP contribution in [-0.4, -0.2) is 92.1 Å². The quantitative estimate of drug-likeness (QED) is 0.234. The minimum Gasteiger partial charge on any atom is -0.477 e. The molecule has 3 rings (SSSR count). The van der Waals surface area contributed by atoms with Crippen LogP contribution < -0.4 is 10.0 Å². The molecule has 0 radical (unpaired) electrons. The molecule has 0 aromatic carbocycles. The van der Waals surface area contributed by atoms with E-state index in [2.05, 4.69) is 25.6 Å². The molecule has 0 spiro atoms. The number of amides is 2. The second kappa shape index (κ2) is 9.85. The molecule has 2 amide bonds. The molecule has 17 heteroatoms. The Balaban J connectivity index is 1.68. The minimum atomic E-state index is -3.36. The van der Waals surface area contributed by atoms with E-state index in [0.717, 1.165) is 22.9 Å². The standard InChI is InChI=1S/C15H18N8O6S3/c1-32(28,29)17-4-5-22-15(19-20-21-22)31-7-8-6-30-13-10(18-9(24)2-3-16)12(25)23(13)11(8)14(26)27/h10,13,17H,2,4-7H2,1H3,(H,18,24)(H,26,27)/t10-,13-/m1/s1. The van der Waals surface area contributed by atoms with Crippen molar-refractivity contribution in [3.05, 3.63) is 11.3 Å². The smallest absolute Gasteiger partial charge is 0.352 e. The molecule has 1 saturated heterocycles. The highest BCUT2D eigenvalue weighted by Gasteiger charge is 2.54. The van der Waals surface area contributed by atoms with Crippen LogP contribution >= 0.6 is 23.5 Å². The van der Waals surface area contributed by atoms with Gasteiger partial charge in [-0.2, -0.15) is 5.26 Å². The number of aromatic nitrogens is 4. The van der Waals surface area contributed by atoms with Crippen LogP contribution in [0.25, 0.3) is 0 Å². The van der Waals surface area contributed by atoms with Crippen molar-refractivity contribution in [2.24, 2.45) is 0 Å². The molecule has 172 valence electrons. The van der Waals surface area contributed by atoms with E-state index in [9.17, 15) is 27.9 Å². The Morgan fingerprint density at radius 2 is 2.19 bits per heavy atom. The van der Waals surface area contributed by atoms with Crippen LogP contribution in [0.5, 0.6) is 0 Å². The van der Waals surface area contributed by atoms with Crippen molar-refractivity contribution in [1.82, 2.24) is 35.1 Å². The summed E-state index contributed by atoms with van der Waals surface area (Å²) in [6.07, 6.45) is 0.645. The van der Waals surface area contributed by atoms with Crippen molar-refractivity contribution in [3.8, 4) is 6.07 Å². The van der Waals surface area contributed by atoms with E-state index in [-0.39, 0.29) is 31.0 Å². The molecular formula is C15H18N8O6S3. The number of hydrogen-bond donors (Lipinski definition) is 3. The third-order valence-corrected chi connectivity index (χ3v) is 7.48. The summed E-state index contributed by atoms with van der Waals surface area (Å²) in [7, 11) is -3.36. The first kappa shape index (κ1) is 24.0. The van der Waals surface area contributed by atoms with Crippen LogP contribution in [0.4, 0.5) is 0 Å². The number of sulfonamides is 1.